The molecule has 150 valence electrons. The Morgan fingerprint density at radius 3 is 2.50 bits per heavy atom. The molecule has 0 saturated carbocycles. The topological polar surface area (TPSA) is 84.9 Å². The standard InChI is InChI=1S/C19H21FN2O5S/c1-26-14-7-10-16(18(12-14)27-2)21-19(23)17-4-3-11-22(17)28(24,25)15-8-5-13(20)6-9-15/h5-10,12,17H,3-4,11H2,1-2H3,(H,21,23)/t17-/m0/s1. The number of amides is 1. The molecule has 9 heteroatoms. The number of hydrogen-bond donors (Lipinski definition) is 1. The molecule has 1 amide bonds. The number of sulfonamides is 1. The van der Waals surface area contributed by atoms with Crippen molar-refractivity contribution in [2.75, 3.05) is 26.1 Å². The van der Waals surface area contributed by atoms with E-state index >= 15 is 0 Å². The van der Waals surface area contributed by atoms with Gasteiger partial charge in [0.1, 0.15) is 23.4 Å². The number of nitrogens with one attached hydrogen (secondary N) is 1. The van der Waals surface area contributed by atoms with Gasteiger partial charge in [-0.2, -0.15) is 4.31 Å². The van der Waals surface area contributed by atoms with Crippen molar-refractivity contribution in [1.29, 1.82) is 0 Å². The third-order valence-corrected chi connectivity index (χ3v) is 6.52. The summed E-state index contributed by atoms with van der Waals surface area (Å²) in [4.78, 5) is 12.8. The minimum absolute atomic E-state index is 0.0457. The van der Waals surface area contributed by atoms with Gasteiger partial charge in [0.25, 0.3) is 0 Å². The maximum atomic E-state index is 13.1. The second-order valence-corrected chi connectivity index (χ2v) is 8.17. The molecule has 1 heterocycles. The first kappa shape index (κ1) is 20.1. The fraction of sp³-hybridized carbons (Fsp3) is 0.316. The average molecular weight is 408 g/mol. The highest BCUT2D eigenvalue weighted by Gasteiger charge is 2.39. The van der Waals surface area contributed by atoms with Gasteiger partial charge in [-0.05, 0) is 49.2 Å². The fourth-order valence-corrected chi connectivity index (χ4v) is 4.81. The van der Waals surface area contributed by atoms with Gasteiger partial charge in [-0.25, -0.2) is 12.8 Å². The second kappa shape index (κ2) is 8.15. The van der Waals surface area contributed by atoms with Crippen LogP contribution in [0.25, 0.3) is 0 Å². The predicted octanol–water partition coefficient (Wildman–Crippen LogP) is 2.63. The Balaban J connectivity index is 1.83. The van der Waals surface area contributed by atoms with Gasteiger partial charge in [-0.1, -0.05) is 0 Å². The first-order chi connectivity index (χ1) is 13.4. The second-order valence-electron chi connectivity index (χ2n) is 6.28. The highest BCUT2D eigenvalue weighted by molar-refractivity contribution is 7.89. The van der Waals surface area contributed by atoms with Crippen LogP contribution in [0, 0.1) is 5.82 Å². The number of anilines is 1. The van der Waals surface area contributed by atoms with Gasteiger partial charge in [-0.15, -0.1) is 0 Å². The number of nitrogens with zero attached hydrogens (tertiary/aromatic N) is 1. The summed E-state index contributed by atoms with van der Waals surface area (Å²) in [5.41, 5.74) is 0.416. The van der Waals surface area contributed by atoms with E-state index in [1.165, 1.54) is 26.4 Å². The third kappa shape index (κ3) is 3.95. The number of carbonyl (C=O) groups is 1. The Morgan fingerprint density at radius 1 is 1.14 bits per heavy atom. The van der Waals surface area contributed by atoms with Crippen LogP contribution in [0.4, 0.5) is 10.1 Å². The summed E-state index contributed by atoms with van der Waals surface area (Å²) in [5.74, 6) is -0.0113. The molecular formula is C19H21FN2O5S. The molecule has 7 nitrogen and oxygen atoms in total. The first-order valence-corrected chi connectivity index (χ1v) is 10.1. The Morgan fingerprint density at radius 2 is 1.86 bits per heavy atom. The smallest absolute Gasteiger partial charge is 0.243 e. The molecule has 1 N–H and O–H groups in total. The SMILES string of the molecule is COc1ccc(NC(=O)[C@@H]2CCCN2S(=O)(=O)c2ccc(F)cc2)c(OC)c1. The van der Waals surface area contributed by atoms with E-state index in [0.29, 0.717) is 30.0 Å². The molecule has 2 aromatic carbocycles. The molecule has 0 bridgehead atoms. The molecule has 3 rings (SSSR count). The highest BCUT2D eigenvalue weighted by atomic mass is 32.2. The zero-order valence-corrected chi connectivity index (χ0v) is 16.3. The number of halogens is 1. The lowest BCUT2D eigenvalue weighted by atomic mass is 10.2. The van der Waals surface area contributed by atoms with E-state index in [-0.39, 0.29) is 11.4 Å². The van der Waals surface area contributed by atoms with E-state index < -0.39 is 27.8 Å². The Bertz CT molecular complexity index is 963. The molecule has 0 unspecified atom stereocenters. The quantitative estimate of drug-likeness (QED) is 0.794. The number of rotatable bonds is 6. The summed E-state index contributed by atoms with van der Waals surface area (Å²) in [6.07, 6.45) is 0.947. The molecule has 2 aromatic rings. The zero-order valence-electron chi connectivity index (χ0n) is 15.5. The summed E-state index contributed by atoms with van der Waals surface area (Å²) in [6, 6.07) is 8.62. The molecule has 28 heavy (non-hydrogen) atoms. The maximum absolute atomic E-state index is 13.1. The van der Waals surface area contributed by atoms with E-state index in [4.69, 9.17) is 9.47 Å². The molecule has 1 fully saturated rings. The number of ether oxygens (including phenoxy) is 2. The Kier molecular flexibility index (Phi) is 5.85. The normalized spacial score (nSPS) is 17.3. The zero-order chi connectivity index (χ0) is 20.3. The molecule has 1 aliphatic rings. The lowest BCUT2D eigenvalue weighted by Gasteiger charge is -2.24. The Hall–Kier alpha value is -2.65. The molecule has 1 saturated heterocycles. The van der Waals surface area contributed by atoms with Gasteiger partial charge in [0.05, 0.1) is 24.8 Å². The predicted molar refractivity (Wildman–Crippen MR) is 101 cm³/mol. The van der Waals surface area contributed by atoms with E-state index in [1.54, 1.807) is 18.2 Å². The monoisotopic (exact) mass is 408 g/mol. The van der Waals surface area contributed by atoms with Crippen molar-refractivity contribution in [1.82, 2.24) is 4.31 Å². The molecular weight excluding hydrogens is 387 g/mol. The number of benzene rings is 2. The van der Waals surface area contributed by atoms with Gasteiger partial charge >= 0.3 is 0 Å². The first-order valence-electron chi connectivity index (χ1n) is 8.67. The van der Waals surface area contributed by atoms with Crippen LogP contribution in [0.5, 0.6) is 11.5 Å². The summed E-state index contributed by atoms with van der Waals surface area (Å²) in [6.45, 7) is 0.220. The molecule has 0 spiro atoms. The van der Waals surface area contributed by atoms with E-state index in [2.05, 4.69) is 5.32 Å². The van der Waals surface area contributed by atoms with Crippen LogP contribution in [0.3, 0.4) is 0 Å². The largest absolute Gasteiger partial charge is 0.497 e. The minimum Gasteiger partial charge on any atom is -0.497 e. The van der Waals surface area contributed by atoms with Crippen LogP contribution in [0.1, 0.15) is 12.8 Å². The van der Waals surface area contributed by atoms with Gasteiger partial charge in [-0.3, -0.25) is 4.79 Å². The lowest BCUT2D eigenvalue weighted by molar-refractivity contribution is -0.119. The molecule has 0 aromatic heterocycles. The Labute approximate surface area is 163 Å². The number of carbonyl (C=O) groups excluding carboxylic acids is 1. The van der Waals surface area contributed by atoms with E-state index in [0.717, 1.165) is 16.4 Å². The molecule has 0 radical (unpaired) electrons. The van der Waals surface area contributed by atoms with Crippen LogP contribution < -0.4 is 14.8 Å². The van der Waals surface area contributed by atoms with Crippen molar-refractivity contribution < 1.29 is 27.1 Å². The van der Waals surface area contributed by atoms with Crippen molar-refractivity contribution in [3.8, 4) is 11.5 Å². The minimum atomic E-state index is -3.91. The number of hydrogen-bond acceptors (Lipinski definition) is 5. The van der Waals surface area contributed by atoms with Crippen LogP contribution in [0.2, 0.25) is 0 Å². The molecule has 1 aliphatic heterocycles. The van der Waals surface area contributed by atoms with Crippen molar-refractivity contribution in [2.45, 2.75) is 23.8 Å². The number of methoxy groups -OCH3 is 2. The summed E-state index contributed by atoms with van der Waals surface area (Å²) >= 11 is 0. The molecule has 0 aliphatic carbocycles. The van der Waals surface area contributed by atoms with Gasteiger partial charge in [0, 0.05) is 12.6 Å². The van der Waals surface area contributed by atoms with Crippen molar-refractivity contribution >= 4 is 21.6 Å². The van der Waals surface area contributed by atoms with E-state index in [9.17, 15) is 17.6 Å². The van der Waals surface area contributed by atoms with E-state index in [1.807, 2.05) is 0 Å². The van der Waals surface area contributed by atoms with Gasteiger partial charge < -0.3 is 14.8 Å². The van der Waals surface area contributed by atoms with Gasteiger partial charge in [0.15, 0.2) is 0 Å². The van der Waals surface area contributed by atoms with Crippen LogP contribution in [0.15, 0.2) is 47.4 Å². The van der Waals surface area contributed by atoms with Crippen LogP contribution in [-0.2, 0) is 14.8 Å². The molecule has 1 atom stereocenters. The average Bonchev–Trinajstić information content (AvgIpc) is 3.19. The van der Waals surface area contributed by atoms with Gasteiger partial charge in [0.2, 0.25) is 15.9 Å². The van der Waals surface area contributed by atoms with Crippen LogP contribution >= 0.6 is 0 Å². The fourth-order valence-electron chi connectivity index (χ4n) is 3.15. The summed E-state index contributed by atoms with van der Waals surface area (Å²) in [7, 11) is -0.933. The third-order valence-electron chi connectivity index (χ3n) is 4.59. The summed E-state index contributed by atoms with van der Waals surface area (Å²) < 4.78 is 50.5. The lowest BCUT2D eigenvalue weighted by Crippen LogP contribution is -2.43. The highest BCUT2D eigenvalue weighted by Crippen LogP contribution is 2.31. The van der Waals surface area contributed by atoms with Crippen molar-refractivity contribution in [3.63, 3.8) is 0 Å². The van der Waals surface area contributed by atoms with Crippen molar-refractivity contribution in [2.24, 2.45) is 0 Å². The summed E-state index contributed by atoms with van der Waals surface area (Å²) in [5, 5.41) is 2.73. The van der Waals surface area contributed by atoms with Crippen molar-refractivity contribution in [3.05, 3.63) is 48.3 Å². The maximum Gasteiger partial charge on any atom is 0.243 e. The van der Waals surface area contributed by atoms with Crippen LogP contribution in [-0.4, -0.2) is 45.4 Å².